The van der Waals surface area contributed by atoms with E-state index in [0.29, 0.717) is 12.5 Å². The van der Waals surface area contributed by atoms with Crippen LogP contribution in [0.5, 0.6) is 0 Å². The highest BCUT2D eigenvalue weighted by molar-refractivity contribution is 6.01. The van der Waals surface area contributed by atoms with E-state index in [9.17, 15) is 4.79 Å². The molecule has 2 aromatic rings. The van der Waals surface area contributed by atoms with E-state index in [4.69, 9.17) is 4.74 Å². The number of likely N-dealkylation sites (tertiary alicyclic amines) is 1. The Morgan fingerprint density at radius 2 is 2.22 bits per heavy atom. The largest absolute Gasteiger partial charge is 0.383 e. The first-order chi connectivity index (χ1) is 11.2. The van der Waals surface area contributed by atoms with Crippen molar-refractivity contribution in [1.29, 1.82) is 0 Å². The number of ether oxygens (including phenoxy) is 1. The Kier molecular flexibility index (Phi) is 4.86. The van der Waals surface area contributed by atoms with Crippen molar-refractivity contribution in [1.82, 2.24) is 9.47 Å². The minimum absolute atomic E-state index is 0.00574. The summed E-state index contributed by atoms with van der Waals surface area (Å²) < 4.78 is 7.31. The molecule has 0 bridgehead atoms. The number of nitrogens with one attached hydrogen (secondary N) is 1. The average molecular weight is 315 g/mol. The van der Waals surface area contributed by atoms with Crippen LogP contribution in [0.3, 0.4) is 0 Å². The van der Waals surface area contributed by atoms with Gasteiger partial charge in [-0.3, -0.25) is 0 Å². The molecule has 5 heteroatoms. The number of para-hydroxylation sites is 1. The number of anilines is 1. The molecule has 1 aliphatic heterocycles. The molecule has 23 heavy (non-hydrogen) atoms. The maximum Gasteiger partial charge on any atom is 0.321 e. The van der Waals surface area contributed by atoms with Crippen LogP contribution in [-0.4, -0.2) is 42.3 Å². The first kappa shape index (κ1) is 15.9. The summed E-state index contributed by atoms with van der Waals surface area (Å²) in [4.78, 5) is 14.5. The van der Waals surface area contributed by atoms with Crippen LogP contribution >= 0.6 is 0 Å². The van der Waals surface area contributed by atoms with Crippen molar-refractivity contribution in [2.24, 2.45) is 5.92 Å². The fourth-order valence-corrected chi connectivity index (χ4v) is 3.29. The van der Waals surface area contributed by atoms with Gasteiger partial charge in [0.2, 0.25) is 0 Å². The smallest absolute Gasteiger partial charge is 0.321 e. The zero-order valence-corrected chi connectivity index (χ0v) is 13.9. The van der Waals surface area contributed by atoms with E-state index in [-0.39, 0.29) is 6.03 Å². The monoisotopic (exact) mass is 315 g/mol. The van der Waals surface area contributed by atoms with Gasteiger partial charge in [0.15, 0.2) is 0 Å². The number of amides is 2. The van der Waals surface area contributed by atoms with Gasteiger partial charge in [-0.1, -0.05) is 25.1 Å². The average Bonchev–Trinajstić information content (AvgIpc) is 2.91. The minimum Gasteiger partial charge on any atom is -0.383 e. The van der Waals surface area contributed by atoms with Crippen LogP contribution in [0.2, 0.25) is 0 Å². The Hall–Kier alpha value is -2.01. The predicted octanol–water partition coefficient (Wildman–Crippen LogP) is 3.55. The standard InChI is InChI=1S/C18H25N3O2/c1-14-6-5-9-21(12-14)18(22)19-16-13-20(10-11-23-2)17-8-4-3-7-15(16)17/h3-4,7-8,13-14H,5-6,9-12H2,1-2H3,(H,19,22). The maximum atomic E-state index is 12.6. The molecular formula is C18H25N3O2. The van der Waals surface area contributed by atoms with Gasteiger partial charge in [0.05, 0.1) is 17.8 Å². The molecule has 0 aliphatic carbocycles. The molecule has 1 N–H and O–H groups in total. The number of aromatic nitrogens is 1. The molecule has 1 aliphatic rings. The van der Waals surface area contributed by atoms with E-state index in [1.54, 1.807) is 7.11 Å². The molecule has 1 unspecified atom stereocenters. The molecule has 124 valence electrons. The van der Waals surface area contributed by atoms with Crippen LogP contribution in [0.15, 0.2) is 30.5 Å². The topological polar surface area (TPSA) is 46.5 Å². The first-order valence-corrected chi connectivity index (χ1v) is 8.32. The van der Waals surface area contributed by atoms with Gasteiger partial charge in [0.25, 0.3) is 0 Å². The number of fused-ring (bicyclic) bond motifs is 1. The lowest BCUT2D eigenvalue weighted by molar-refractivity contribution is 0.182. The third-order valence-electron chi connectivity index (χ3n) is 4.51. The summed E-state index contributed by atoms with van der Waals surface area (Å²) in [6.07, 6.45) is 4.30. The van der Waals surface area contributed by atoms with E-state index in [1.807, 2.05) is 29.3 Å². The number of methoxy groups -OCH3 is 1. The van der Waals surface area contributed by atoms with Crippen molar-refractivity contribution in [3.05, 3.63) is 30.5 Å². The second kappa shape index (κ2) is 7.04. The molecular weight excluding hydrogens is 290 g/mol. The van der Waals surface area contributed by atoms with E-state index >= 15 is 0 Å². The van der Waals surface area contributed by atoms with E-state index in [1.165, 1.54) is 6.42 Å². The summed E-state index contributed by atoms with van der Waals surface area (Å²) in [5.41, 5.74) is 1.99. The lowest BCUT2D eigenvalue weighted by Gasteiger charge is -2.30. The number of hydrogen-bond acceptors (Lipinski definition) is 2. The lowest BCUT2D eigenvalue weighted by atomic mass is 10.0. The third-order valence-corrected chi connectivity index (χ3v) is 4.51. The van der Waals surface area contributed by atoms with Crippen molar-refractivity contribution < 1.29 is 9.53 Å². The number of nitrogens with zero attached hydrogens (tertiary/aromatic N) is 2. The van der Waals surface area contributed by atoms with Crippen LogP contribution in [-0.2, 0) is 11.3 Å². The van der Waals surface area contributed by atoms with E-state index < -0.39 is 0 Å². The van der Waals surface area contributed by atoms with Crippen molar-refractivity contribution >= 4 is 22.6 Å². The van der Waals surface area contributed by atoms with Crippen LogP contribution in [0.1, 0.15) is 19.8 Å². The molecule has 0 saturated carbocycles. The Balaban J connectivity index is 1.80. The molecule has 3 rings (SSSR count). The van der Waals surface area contributed by atoms with Gasteiger partial charge in [-0.15, -0.1) is 0 Å². The molecule has 0 radical (unpaired) electrons. The molecule has 0 spiro atoms. The van der Waals surface area contributed by atoms with Gasteiger partial charge in [-0.05, 0) is 24.8 Å². The van der Waals surface area contributed by atoms with Crippen molar-refractivity contribution in [2.45, 2.75) is 26.3 Å². The molecule has 1 atom stereocenters. The number of carbonyl (C=O) groups excluding carboxylic acids is 1. The summed E-state index contributed by atoms with van der Waals surface area (Å²) in [6, 6.07) is 8.15. The highest BCUT2D eigenvalue weighted by atomic mass is 16.5. The molecule has 2 heterocycles. The van der Waals surface area contributed by atoms with Crippen molar-refractivity contribution in [2.75, 3.05) is 32.1 Å². The van der Waals surface area contributed by atoms with Gasteiger partial charge < -0.3 is 19.5 Å². The fraction of sp³-hybridized carbons (Fsp3) is 0.500. The number of urea groups is 1. The van der Waals surface area contributed by atoms with E-state index in [2.05, 4.69) is 22.9 Å². The number of benzene rings is 1. The molecule has 1 aromatic carbocycles. The Labute approximate surface area is 137 Å². The lowest BCUT2D eigenvalue weighted by Crippen LogP contribution is -2.41. The quantitative estimate of drug-likeness (QED) is 0.938. The fourth-order valence-electron chi connectivity index (χ4n) is 3.29. The molecule has 1 fully saturated rings. The first-order valence-electron chi connectivity index (χ1n) is 8.32. The summed E-state index contributed by atoms with van der Waals surface area (Å²) >= 11 is 0. The highest BCUT2D eigenvalue weighted by Gasteiger charge is 2.21. The van der Waals surface area contributed by atoms with Gasteiger partial charge in [-0.2, -0.15) is 0 Å². The summed E-state index contributed by atoms with van der Waals surface area (Å²) in [5.74, 6) is 0.581. The Bertz CT molecular complexity index is 680. The Morgan fingerprint density at radius 3 is 3.00 bits per heavy atom. The van der Waals surface area contributed by atoms with Crippen LogP contribution < -0.4 is 5.32 Å². The number of rotatable bonds is 4. The van der Waals surface area contributed by atoms with Crippen LogP contribution in [0.25, 0.3) is 10.9 Å². The predicted molar refractivity (Wildman–Crippen MR) is 92.8 cm³/mol. The Morgan fingerprint density at radius 1 is 1.39 bits per heavy atom. The molecule has 1 aromatic heterocycles. The van der Waals surface area contributed by atoms with Gasteiger partial charge >= 0.3 is 6.03 Å². The van der Waals surface area contributed by atoms with Crippen molar-refractivity contribution in [3.63, 3.8) is 0 Å². The highest BCUT2D eigenvalue weighted by Crippen LogP contribution is 2.26. The molecule has 1 saturated heterocycles. The summed E-state index contributed by atoms with van der Waals surface area (Å²) in [6.45, 7) is 5.31. The normalized spacial score (nSPS) is 18.3. The van der Waals surface area contributed by atoms with Gasteiger partial charge in [0.1, 0.15) is 0 Å². The van der Waals surface area contributed by atoms with Gasteiger partial charge in [-0.25, -0.2) is 4.79 Å². The molecule has 5 nitrogen and oxygen atoms in total. The van der Waals surface area contributed by atoms with Crippen molar-refractivity contribution in [3.8, 4) is 0 Å². The number of hydrogen-bond donors (Lipinski definition) is 1. The zero-order valence-electron chi connectivity index (χ0n) is 13.9. The van der Waals surface area contributed by atoms with E-state index in [0.717, 1.165) is 42.6 Å². The molecule has 2 amide bonds. The second-order valence-electron chi connectivity index (χ2n) is 6.37. The SMILES string of the molecule is COCCn1cc(NC(=O)N2CCCC(C)C2)c2ccccc21. The van der Waals surface area contributed by atoms with Gasteiger partial charge in [0, 0.05) is 38.3 Å². The number of piperidine rings is 1. The summed E-state index contributed by atoms with van der Waals surface area (Å²) in [7, 11) is 1.70. The van der Waals surface area contributed by atoms with Crippen LogP contribution in [0.4, 0.5) is 10.5 Å². The van der Waals surface area contributed by atoms with Crippen LogP contribution in [0, 0.1) is 5.92 Å². The number of carbonyl (C=O) groups is 1. The maximum absolute atomic E-state index is 12.6. The third kappa shape index (κ3) is 3.50. The zero-order chi connectivity index (χ0) is 16.2. The minimum atomic E-state index is 0.00574. The summed E-state index contributed by atoms with van der Waals surface area (Å²) in [5, 5.41) is 4.17. The second-order valence-corrected chi connectivity index (χ2v) is 6.37.